The molecule has 5 atom stereocenters. The molecular weight excluding hydrogens is 340 g/mol. The molecule has 26 heavy (non-hydrogen) atoms. The molecule has 5 N–H and O–H groups in total. The van der Waals surface area contributed by atoms with Crippen LogP contribution in [0.2, 0.25) is 0 Å². The zero-order valence-electron chi connectivity index (χ0n) is 16.0. The highest BCUT2D eigenvalue weighted by molar-refractivity contribution is 5.73. The van der Waals surface area contributed by atoms with Gasteiger partial charge in [0.25, 0.3) is 0 Å². The molecular formula is C17H32N4O5. The van der Waals surface area contributed by atoms with E-state index in [1.807, 2.05) is 13.8 Å². The smallest absolute Gasteiger partial charge is 0.435 e. The van der Waals surface area contributed by atoms with E-state index in [4.69, 9.17) is 15.3 Å². The number of carbonyl (C=O) groups excluding carboxylic acids is 2. The fourth-order valence-corrected chi connectivity index (χ4v) is 3.77. The summed E-state index contributed by atoms with van der Waals surface area (Å²) >= 11 is 0. The molecule has 1 amide bonds. The minimum Gasteiger partial charge on any atom is -0.435 e. The Balaban J connectivity index is 3.08. The number of hydrazone groups is 1. The highest BCUT2D eigenvalue weighted by atomic mass is 16.7. The first kappa shape index (κ1) is 22.0. The first-order valence-corrected chi connectivity index (χ1v) is 9.15. The van der Waals surface area contributed by atoms with Crippen molar-refractivity contribution in [3.63, 3.8) is 0 Å². The maximum Gasteiger partial charge on any atom is 0.508 e. The molecule has 9 nitrogen and oxygen atoms in total. The second kappa shape index (κ2) is 10.8. The number of amides is 1. The molecule has 1 aliphatic carbocycles. The Morgan fingerprint density at radius 1 is 1.35 bits per heavy atom. The Bertz CT molecular complexity index is 484. The zero-order valence-corrected chi connectivity index (χ0v) is 16.0. The minimum absolute atomic E-state index is 0.166. The summed E-state index contributed by atoms with van der Waals surface area (Å²) in [5.74, 6) is 4.80. The van der Waals surface area contributed by atoms with Gasteiger partial charge < -0.3 is 31.1 Å². The van der Waals surface area contributed by atoms with Crippen molar-refractivity contribution in [3.05, 3.63) is 0 Å². The van der Waals surface area contributed by atoms with Gasteiger partial charge in [-0.05, 0) is 12.8 Å². The van der Waals surface area contributed by atoms with Gasteiger partial charge in [-0.25, -0.2) is 4.79 Å². The van der Waals surface area contributed by atoms with Crippen LogP contribution in [0.3, 0.4) is 0 Å². The topological polar surface area (TPSA) is 135 Å². The van der Waals surface area contributed by atoms with Crippen LogP contribution in [0.5, 0.6) is 0 Å². The van der Waals surface area contributed by atoms with E-state index in [0.29, 0.717) is 6.42 Å². The van der Waals surface area contributed by atoms with Crippen LogP contribution in [-0.2, 0) is 14.3 Å². The lowest BCUT2D eigenvalue weighted by atomic mass is 9.81. The first-order valence-electron chi connectivity index (χ1n) is 9.15. The molecule has 0 saturated heterocycles. The summed E-state index contributed by atoms with van der Waals surface area (Å²) in [5, 5.41) is 20.3. The fraction of sp³-hybridized carbons (Fsp3) is 0.824. The molecule has 9 heteroatoms. The second-order valence-electron chi connectivity index (χ2n) is 6.50. The SMILES string of the molecule is CCOC(=O)O[C@H]1C[C@@H](NC=NN)[C@H]([C@@H](NC(C)=O)C(CC)CC)[C@@H]1O. The van der Waals surface area contributed by atoms with Crippen LogP contribution in [-0.4, -0.2) is 54.4 Å². The average Bonchev–Trinajstić information content (AvgIpc) is 2.88. The lowest BCUT2D eigenvalue weighted by Gasteiger charge is -2.36. The van der Waals surface area contributed by atoms with Crippen molar-refractivity contribution in [3.8, 4) is 0 Å². The van der Waals surface area contributed by atoms with Crippen LogP contribution in [0.25, 0.3) is 0 Å². The summed E-state index contributed by atoms with van der Waals surface area (Å²) in [6, 6.07) is -0.550. The first-order chi connectivity index (χ1) is 12.4. The van der Waals surface area contributed by atoms with E-state index in [9.17, 15) is 14.7 Å². The van der Waals surface area contributed by atoms with E-state index in [2.05, 4.69) is 15.7 Å². The Morgan fingerprint density at radius 3 is 2.50 bits per heavy atom. The second-order valence-corrected chi connectivity index (χ2v) is 6.50. The maximum absolute atomic E-state index is 11.8. The molecule has 0 aliphatic heterocycles. The minimum atomic E-state index is -0.958. The molecule has 0 aromatic heterocycles. The van der Waals surface area contributed by atoms with Gasteiger partial charge in [-0.1, -0.05) is 26.7 Å². The summed E-state index contributed by atoms with van der Waals surface area (Å²) in [6.45, 7) is 7.40. The van der Waals surface area contributed by atoms with E-state index >= 15 is 0 Å². The third kappa shape index (κ3) is 5.76. The van der Waals surface area contributed by atoms with Crippen molar-refractivity contribution in [1.29, 1.82) is 0 Å². The van der Waals surface area contributed by atoms with E-state index in [1.54, 1.807) is 6.92 Å². The number of aliphatic hydroxyl groups is 1. The molecule has 0 bridgehead atoms. The van der Waals surface area contributed by atoms with Gasteiger partial charge in [0.1, 0.15) is 12.4 Å². The number of nitrogens with zero attached hydrogens (tertiary/aromatic N) is 1. The van der Waals surface area contributed by atoms with Crippen molar-refractivity contribution in [2.24, 2.45) is 22.8 Å². The molecule has 1 aliphatic rings. The van der Waals surface area contributed by atoms with Crippen LogP contribution in [0.1, 0.15) is 47.0 Å². The van der Waals surface area contributed by atoms with Gasteiger partial charge in [0.2, 0.25) is 5.91 Å². The van der Waals surface area contributed by atoms with Gasteiger partial charge in [-0.15, -0.1) is 0 Å². The van der Waals surface area contributed by atoms with Crippen LogP contribution in [0.4, 0.5) is 4.79 Å². The third-order valence-electron chi connectivity index (χ3n) is 4.94. The van der Waals surface area contributed by atoms with Crippen LogP contribution in [0, 0.1) is 11.8 Å². The third-order valence-corrected chi connectivity index (χ3v) is 4.94. The Kier molecular flexibility index (Phi) is 9.18. The predicted octanol–water partition coefficient (Wildman–Crippen LogP) is 0.710. The molecule has 0 radical (unpaired) electrons. The van der Waals surface area contributed by atoms with Crippen LogP contribution in [0.15, 0.2) is 5.10 Å². The van der Waals surface area contributed by atoms with Gasteiger partial charge in [-0.2, -0.15) is 5.10 Å². The van der Waals surface area contributed by atoms with Crippen LogP contribution >= 0.6 is 0 Å². The number of aliphatic hydroxyl groups excluding tert-OH is 1. The largest absolute Gasteiger partial charge is 0.508 e. The van der Waals surface area contributed by atoms with E-state index in [1.165, 1.54) is 13.3 Å². The molecule has 1 rings (SSSR count). The Hall–Kier alpha value is -2.03. The van der Waals surface area contributed by atoms with Crippen molar-refractivity contribution in [1.82, 2.24) is 10.6 Å². The number of nitrogens with one attached hydrogen (secondary N) is 2. The molecule has 0 spiro atoms. The van der Waals surface area contributed by atoms with Crippen molar-refractivity contribution >= 4 is 18.4 Å². The normalized spacial score (nSPS) is 26.7. The number of rotatable bonds is 9. The highest BCUT2D eigenvalue weighted by Gasteiger charge is 2.49. The summed E-state index contributed by atoms with van der Waals surface area (Å²) < 4.78 is 10.1. The van der Waals surface area contributed by atoms with Gasteiger partial charge >= 0.3 is 6.16 Å². The fourth-order valence-electron chi connectivity index (χ4n) is 3.77. The molecule has 1 fully saturated rings. The van der Waals surface area contributed by atoms with E-state index in [0.717, 1.165) is 12.8 Å². The standard InChI is InChI=1S/C17H32N4O5/c1-5-11(6-2)15(21-10(4)22)14-12(19-9-20-18)8-13(16(14)23)26-17(24)25-7-3/h9,11-16,23H,5-8,18H2,1-4H3,(H,19,20)(H,21,22)/t12-,13+,14-,15+,16-/m1/s1. The number of hydrogen-bond acceptors (Lipinski definition) is 7. The van der Waals surface area contributed by atoms with Crippen molar-refractivity contribution in [2.75, 3.05) is 6.61 Å². The summed E-state index contributed by atoms with van der Waals surface area (Å²) in [4.78, 5) is 23.4. The Labute approximate surface area is 154 Å². The molecule has 0 aromatic rings. The van der Waals surface area contributed by atoms with E-state index in [-0.39, 0.29) is 36.4 Å². The molecule has 150 valence electrons. The summed E-state index contributed by atoms with van der Waals surface area (Å²) in [5.41, 5.74) is 0. The lowest BCUT2D eigenvalue weighted by molar-refractivity contribution is -0.121. The van der Waals surface area contributed by atoms with Crippen LogP contribution < -0.4 is 16.5 Å². The van der Waals surface area contributed by atoms with Gasteiger partial charge in [0.15, 0.2) is 0 Å². The lowest BCUT2D eigenvalue weighted by Crippen LogP contribution is -2.53. The van der Waals surface area contributed by atoms with E-state index < -0.39 is 18.4 Å². The molecule has 1 saturated carbocycles. The number of ether oxygens (including phenoxy) is 2. The summed E-state index contributed by atoms with van der Waals surface area (Å²) in [6.07, 6.45) is 0.857. The van der Waals surface area contributed by atoms with Gasteiger partial charge in [-0.3, -0.25) is 4.79 Å². The number of carbonyl (C=O) groups is 2. The molecule has 0 heterocycles. The summed E-state index contributed by atoms with van der Waals surface area (Å²) in [7, 11) is 0. The predicted molar refractivity (Wildman–Crippen MR) is 97.3 cm³/mol. The van der Waals surface area contributed by atoms with Gasteiger partial charge in [0.05, 0.1) is 12.7 Å². The van der Waals surface area contributed by atoms with Crippen molar-refractivity contribution in [2.45, 2.75) is 71.2 Å². The highest BCUT2D eigenvalue weighted by Crippen LogP contribution is 2.35. The Morgan fingerprint density at radius 2 is 2.00 bits per heavy atom. The monoisotopic (exact) mass is 372 g/mol. The quantitative estimate of drug-likeness (QED) is 0.154. The maximum atomic E-state index is 11.8. The number of nitrogens with two attached hydrogens (primary N) is 1. The van der Waals surface area contributed by atoms with Crippen molar-refractivity contribution < 1.29 is 24.2 Å². The van der Waals surface area contributed by atoms with Gasteiger partial charge in [0, 0.05) is 31.3 Å². The average molecular weight is 372 g/mol. The molecule has 0 aromatic carbocycles. The zero-order chi connectivity index (χ0) is 19.7. The molecule has 0 unspecified atom stereocenters. The number of hydrogen-bond donors (Lipinski definition) is 4.